The van der Waals surface area contributed by atoms with Crippen LogP contribution in [0.25, 0.3) is 0 Å². The normalized spacial score (nSPS) is 22.0. The Bertz CT molecular complexity index is 550. The van der Waals surface area contributed by atoms with Gasteiger partial charge < -0.3 is 15.4 Å². The summed E-state index contributed by atoms with van der Waals surface area (Å²) in [6, 6.07) is 0. The number of ether oxygens (including phenoxy) is 1. The van der Waals surface area contributed by atoms with E-state index in [1.54, 1.807) is 11.3 Å². The number of hydrogen-bond donors (Lipinski definition) is 2. The summed E-state index contributed by atoms with van der Waals surface area (Å²) >= 11 is 1.75. The average molecular weight is 367 g/mol. The van der Waals surface area contributed by atoms with Crippen molar-refractivity contribution in [2.75, 3.05) is 26.7 Å². The van der Waals surface area contributed by atoms with Crippen molar-refractivity contribution in [1.29, 1.82) is 0 Å². The zero-order chi connectivity index (χ0) is 18.3. The van der Waals surface area contributed by atoms with Crippen LogP contribution in [-0.2, 0) is 17.6 Å². The average Bonchev–Trinajstić information content (AvgIpc) is 3.05. The van der Waals surface area contributed by atoms with Gasteiger partial charge in [-0.2, -0.15) is 0 Å². The lowest BCUT2D eigenvalue weighted by Crippen LogP contribution is -2.47. The molecule has 5 nitrogen and oxygen atoms in total. The molecule has 0 aliphatic carbocycles. The molecule has 0 amide bonds. The van der Waals surface area contributed by atoms with E-state index < -0.39 is 0 Å². The molecule has 142 valence electrons. The number of aliphatic imine (C=N–C) groups is 1. The molecule has 2 atom stereocenters. The van der Waals surface area contributed by atoms with Gasteiger partial charge in [-0.25, -0.2) is 4.98 Å². The fourth-order valence-electron chi connectivity index (χ4n) is 3.39. The number of aryl methyl sites for hydroxylation is 1. The Balaban J connectivity index is 1.77. The molecular formula is C19H34N4OS. The number of guanidine groups is 1. The summed E-state index contributed by atoms with van der Waals surface area (Å²) in [6.07, 6.45) is 4.60. The number of nitrogens with zero attached hydrogens (tertiary/aromatic N) is 2. The van der Waals surface area contributed by atoms with E-state index in [9.17, 15) is 0 Å². The minimum Gasteiger partial charge on any atom is -0.377 e. The first-order valence-corrected chi connectivity index (χ1v) is 10.3. The molecule has 1 aromatic rings. The van der Waals surface area contributed by atoms with Crippen LogP contribution in [0.1, 0.15) is 51.2 Å². The molecule has 2 heterocycles. The van der Waals surface area contributed by atoms with Crippen molar-refractivity contribution < 1.29 is 4.74 Å². The molecule has 25 heavy (non-hydrogen) atoms. The van der Waals surface area contributed by atoms with Gasteiger partial charge in [0.15, 0.2) is 5.96 Å². The molecule has 0 saturated carbocycles. The van der Waals surface area contributed by atoms with Crippen LogP contribution < -0.4 is 10.6 Å². The van der Waals surface area contributed by atoms with Gasteiger partial charge in [0.25, 0.3) is 0 Å². The summed E-state index contributed by atoms with van der Waals surface area (Å²) < 4.78 is 6.07. The SMILES string of the molecule is CCc1nc(CCNC(=NC)NCC2CCCOC2C(C)(C)C)cs1. The van der Waals surface area contributed by atoms with Crippen LogP contribution in [0.5, 0.6) is 0 Å². The summed E-state index contributed by atoms with van der Waals surface area (Å²) in [5.74, 6) is 1.39. The van der Waals surface area contributed by atoms with Gasteiger partial charge in [0, 0.05) is 44.5 Å². The minimum absolute atomic E-state index is 0.172. The van der Waals surface area contributed by atoms with E-state index in [4.69, 9.17) is 4.74 Å². The Kier molecular flexibility index (Phi) is 7.69. The monoisotopic (exact) mass is 366 g/mol. The van der Waals surface area contributed by atoms with Crippen molar-refractivity contribution in [3.8, 4) is 0 Å². The lowest BCUT2D eigenvalue weighted by atomic mass is 9.78. The smallest absolute Gasteiger partial charge is 0.191 e. The summed E-state index contributed by atoms with van der Waals surface area (Å²) in [4.78, 5) is 8.96. The Labute approximate surface area is 156 Å². The van der Waals surface area contributed by atoms with E-state index in [0.29, 0.717) is 12.0 Å². The molecule has 6 heteroatoms. The second kappa shape index (κ2) is 9.53. The highest BCUT2D eigenvalue weighted by atomic mass is 32.1. The van der Waals surface area contributed by atoms with Crippen LogP contribution in [0, 0.1) is 11.3 Å². The Hall–Kier alpha value is -1.14. The maximum absolute atomic E-state index is 6.07. The molecule has 0 radical (unpaired) electrons. The fourth-order valence-corrected chi connectivity index (χ4v) is 4.17. The van der Waals surface area contributed by atoms with Crippen molar-refractivity contribution >= 4 is 17.3 Å². The second-order valence-corrected chi connectivity index (χ2v) is 8.72. The molecule has 1 aliphatic heterocycles. The van der Waals surface area contributed by atoms with Crippen molar-refractivity contribution in [2.24, 2.45) is 16.3 Å². The molecule has 0 aromatic carbocycles. The van der Waals surface area contributed by atoms with E-state index in [0.717, 1.165) is 44.9 Å². The minimum atomic E-state index is 0.172. The molecule has 1 aliphatic rings. The lowest BCUT2D eigenvalue weighted by molar-refractivity contribution is -0.0835. The predicted octanol–water partition coefficient (Wildman–Crippen LogP) is 3.25. The second-order valence-electron chi connectivity index (χ2n) is 7.78. The zero-order valence-corrected chi connectivity index (χ0v) is 17.2. The molecule has 2 unspecified atom stereocenters. The summed E-state index contributed by atoms with van der Waals surface area (Å²) in [6.45, 7) is 11.6. The third kappa shape index (κ3) is 6.26. The third-order valence-electron chi connectivity index (χ3n) is 4.63. The highest BCUT2D eigenvalue weighted by molar-refractivity contribution is 7.09. The largest absolute Gasteiger partial charge is 0.377 e. The Morgan fingerprint density at radius 2 is 2.20 bits per heavy atom. The number of aromatic nitrogens is 1. The van der Waals surface area contributed by atoms with Crippen molar-refractivity contribution in [3.63, 3.8) is 0 Å². The van der Waals surface area contributed by atoms with Gasteiger partial charge in [-0.1, -0.05) is 27.7 Å². The molecule has 0 spiro atoms. The van der Waals surface area contributed by atoms with E-state index in [1.165, 1.54) is 17.1 Å². The highest BCUT2D eigenvalue weighted by Gasteiger charge is 2.35. The zero-order valence-electron chi connectivity index (χ0n) is 16.4. The fraction of sp³-hybridized carbons (Fsp3) is 0.789. The molecule has 1 fully saturated rings. The topological polar surface area (TPSA) is 58.5 Å². The van der Waals surface area contributed by atoms with Gasteiger partial charge in [0.2, 0.25) is 0 Å². The Morgan fingerprint density at radius 1 is 1.40 bits per heavy atom. The third-order valence-corrected chi connectivity index (χ3v) is 5.67. The standard InChI is InChI=1S/C19H34N4OS/c1-6-16-23-15(13-25-16)9-10-21-18(20-5)22-12-14-8-7-11-24-17(14)19(2,3)4/h13-14,17H,6-12H2,1-5H3,(H2,20,21,22). The van der Waals surface area contributed by atoms with Crippen molar-refractivity contribution in [2.45, 2.75) is 59.5 Å². The molecule has 1 aromatic heterocycles. The van der Waals surface area contributed by atoms with Crippen LogP contribution in [0.15, 0.2) is 10.4 Å². The van der Waals surface area contributed by atoms with E-state index in [1.807, 2.05) is 7.05 Å². The maximum atomic E-state index is 6.07. The maximum Gasteiger partial charge on any atom is 0.191 e. The van der Waals surface area contributed by atoms with Crippen LogP contribution in [0.3, 0.4) is 0 Å². The van der Waals surface area contributed by atoms with Gasteiger partial charge in [0.05, 0.1) is 16.8 Å². The first kappa shape index (κ1) is 20.2. The lowest BCUT2D eigenvalue weighted by Gasteiger charge is -2.40. The van der Waals surface area contributed by atoms with Gasteiger partial charge in [-0.15, -0.1) is 11.3 Å². The summed E-state index contributed by atoms with van der Waals surface area (Å²) in [5.41, 5.74) is 1.34. The van der Waals surface area contributed by atoms with Crippen LogP contribution in [-0.4, -0.2) is 43.8 Å². The quantitative estimate of drug-likeness (QED) is 0.599. The number of hydrogen-bond acceptors (Lipinski definition) is 4. The highest BCUT2D eigenvalue weighted by Crippen LogP contribution is 2.33. The Morgan fingerprint density at radius 3 is 2.84 bits per heavy atom. The number of rotatable bonds is 6. The van der Waals surface area contributed by atoms with Crippen molar-refractivity contribution in [3.05, 3.63) is 16.1 Å². The van der Waals surface area contributed by atoms with Gasteiger partial charge in [-0.3, -0.25) is 4.99 Å². The van der Waals surface area contributed by atoms with E-state index in [-0.39, 0.29) is 5.41 Å². The molecule has 2 N–H and O–H groups in total. The van der Waals surface area contributed by atoms with Crippen LogP contribution >= 0.6 is 11.3 Å². The predicted molar refractivity (Wildman–Crippen MR) is 106 cm³/mol. The molecule has 2 rings (SSSR count). The van der Waals surface area contributed by atoms with Gasteiger partial charge in [-0.05, 0) is 24.7 Å². The van der Waals surface area contributed by atoms with E-state index >= 15 is 0 Å². The number of nitrogens with one attached hydrogen (secondary N) is 2. The van der Waals surface area contributed by atoms with Crippen LogP contribution in [0.4, 0.5) is 0 Å². The van der Waals surface area contributed by atoms with Gasteiger partial charge in [0.1, 0.15) is 0 Å². The molecule has 1 saturated heterocycles. The van der Waals surface area contributed by atoms with Crippen molar-refractivity contribution in [1.82, 2.24) is 15.6 Å². The molecular weight excluding hydrogens is 332 g/mol. The van der Waals surface area contributed by atoms with Crippen LogP contribution in [0.2, 0.25) is 0 Å². The van der Waals surface area contributed by atoms with E-state index in [2.05, 4.69) is 53.7 Å². The first-order valence-electron chi connectivity index (χ1n) is 9.43. The first-order chi connectivity index (χ1) is 11.9. The van der Waals surface area contributed by atoms with Gasteiger partial charge >= 0.3 is 0 Å². The molecule has 0 bridgehead atoms. The summed E-state index contributed by atoms with van der Waals surface area (Å²) in [7, 11) is 1.83. The number of thiazole rings is 1. The summed E-state index contributed by atoms with van der Waals surface area (Å²) in [5, 5.41) is 10.3.